The average Bonchev–Trinajstić information content (AvgIpc) is 2.86. The number of hydrogen-bond acceptors (Lipinski definition) is 4. The van der Waals surface area contributed by atoms with E-state index >= 15 is 0 Å². The first-order chi connectivity index (χ1) is 9.63. The number of rotatable bonds is 3. The van der Waals surface area contributed by atoms with Gasteiger partial charge in [-0.3, -0.25) is 14.9 Å². The third-order valence-electron chi connectivity index (χ3n) is 3.26. The summed E-state index contributed by atoms with van der Waals surface area (Å²) in [6.45, 7) is 4.74. The molecule has 0 fully saturated rings. The number of fused-ring (bicyclic) bond motifs is 1. The van der Waals surface area contributed by atoms with Crippen LogP contribution in [0, 0.1) is 13.8 Å². The Balaban J connectivity index is 1.84. The molecule has 102 valence electrons. The number of nitrogens with zero attached hydrogens (tertiary/aromatic N) is 2. The van der Waals surface area contributed by atoms with E-state index in [-0.39, 0.29) is 5.56 Å². The monoisotopic (exact) mass is 269 g/mol. The molecule has 0 aliphatic heterocycles. The maximum atomic E-state index is 11.8. The molecule has 0 bridgehead atoms. The van der Waals surface area contributed by atoms with Crippen LogP contribution in [0.4, 0.5) is 5.95 Å². The third kappa shape index (κ3) is 2.27. The molecular weight excluding hydrogens is 254 g/mol. The highest BCUT2D eigenvalue weighted by molar-refractivity contribution is 5.73. The molecule has 0 aliphatic carbocycles. The van der Waals surface area contributed by atoms with Crippen LogP contribution in [0.1, 0.15) is 16.7 Å². The first kappa shape index (κ1) is 12.4. The lowest BCUT2D eigenvalue weighted by molar-refractivity contribution is 1.03. The van der Waals surface area contributed by atoms with Crippen LogP contribution in [0.2, 0.25) is 0 Å². The van der Waals surface area contributed by atoms with Crippen molar-refractivity contribution in [2.75, 3.05) is 5.32 Å². The SMILES string of the molecule is Cc1ccc(CNc2nc3[nH]ncc3c(=O)[nH]2)c(C)c1. The van der Waals surface area contributed by atoms with Crippen LogP contribution >= 0.6 is 0 Å². The minimum atomic E-state index is -0.202. The summed E-state index contributed by atoms with van der Waals surface area (Å²) < 4.78 is 0. The van der Waals surface area contributed by atoms with Gasteiger partial charge in [0.15, 0.2) is 5.65 Å². The fourth-order valence-electron chi connectivity index (χ4n) is 2.15. The summed E-state index contributed by atoms with van der Waals surface area (Å²) in [6.07, 6.45) is 1.47. The van der Waals surface area contributed by atoms with Gasteiger partial charge in [0.25, 0.3) is 5.56 Å². The molecule has 0 unspecified atom stereocenters. The van der Waals surface area contributed by atoms with Gasteiger partial charge in [0.1, 0.15) is 5.39 Å². The Bertz CT molecular complexity index is 818. The fourth-order valence-corrected chi connectivity index (χ4v) is 2.15. The Morgan fingerprint density at radius 2 is 2.15 bits per heavy atom. The predicted molar refractivity (Wildman–Crippen MR) is 77.8 cm³/mol. The Labute approximate surface area is 115 Å². The summed E-state index contributed by atoms with van der Waals surface area (Å²) in [5.41, 5.74) is 3.89. The summed E-state index contributed by atoms with van der Waals surface area (Å²) in [4.78, 5) is 18.8. The number of aryl methyl sites for hydroxylation is 2. The van der Waals surface area contributed by atoms with E-state index in [1.165, 1.54) is 22.9 Å². The zero-order valence-electron chi connectivity index (χ0n) is 11.3. The van der Waals surface area contributed by atoms with Crippen molar-refractivity contribution in [3.8, 4) is 0 Å². The van der Waals surface area contributed by atoms with E-state index in [2.05, 4.69) is 57.5 Å². The largest absolute Gasteiger partial charge is 0.352 e. The van der Waals surface area contributed by atoms with Gasteiger partial charge in [-0.25, -0.2) is 0 Å². The van der Waals surface area contributed by atoms with Crippen molar-refractivity contribution in [3.05, 3.63) is 51.4 Å². The minimum absolute atomic E-state index is 0.202. The molecule has 0 saturated heterocycles. The second-order valence-corrected chi connectivity index (χ2v) is 4.83. The summed E-state index contributed by atoms with van der Waals surface area (Å²) in [5.74, 6) is 0.437. The first-order valence-electron chi connectivity index (χ1n) is 6.37. The van der Waals surface area contributed by atoms with Gasteiger partial charge in [-0.15, -0.1) is 0 Å². The van der Waals surface area contributed by atoms with Gasteiger partial charge in [-0.1, -0.05) is 23.8 Å². The van der Waals surface area contributed by atoms with Crippen LogP contribution in [0.25, 0.3) is 11.0 Å². The molecule has 20 heavy (non-hydrogen) atoms. The van der Waals surface area contributed by atoms with Crippen LogP contribution in [0.3, 0.4) is 0 Å². The van der Waals surface area contributed by atoms with Crippen molar-refractivity contribution in [1.29, 1.82) is 0 Å². The molecule has 0 radical (unpaired) electrons. The Hall–Kier alpha value is -2.63. The summed E-state index contributed by atoms with van der Waals surface area (Å²) in [5, 5.41) is 10.1. The van der Waals surface area contributed by atoms with Gasteiger partial charge in [0.05, 0.1) is 6.20 Å². The van der Waals surface area contributed by atoms with Crippen molar-refractivity contribution in [1.82, 2.24) is 20.2 Å². The molecule has 0 amide bonds. The second-order valence-electron chi connectivity index (χ2n) is 4.83. The molecule has 6 nitrogen and oxygen atoms in total. The second kappa shape index (κ2) is 4.80. The molecule has 6 heteroatoms. The lowest BCUT2D eigenvalue weighted by Gasteiger charge is -2.08. The Kier molecular flexibility index (Phi) is 2.98. The van der Waals surface area contributed by atoms with Gasteiger partial charge < -0.3 is 5.32 Å². The molecular formula is C14H15N5O. The van der Waals surface area contributed by atoms with Crippen molar-refractivity contribution in [3.63, 3.8) is 0 Å². The van der Waals surface area contributed by atoms with E-state index in [4.69, 9.17) is 0 Å². The standard InChI is InChI=1S/C14H15N5O/c1-8-3-4-10(9(2)5-8)6-15-14-17-12-11(7-16-19-12)13(20)18-14/h3-5,7H,6H2,1-2H3,(H3,15,16,17,18,19,20). The summed E-state index contributed by atoms with van der Waals surface area (Å²) >= 11 is 0. The van der Waals surface area contributed by atoms with Gasteiger partial charge in [-0.2, -0.15) is 10.1 Å². The molecule has 0 aliphatic rings. The average molecular weight is 269 g/mol. The maximum Gasteiger partial charge on any atom is 0.263 e. The van der Waals surface area contributed by atoms with E-state index < -0.39 is 0 Å². The highest BCUT2D eigenvalue weighted by Crippen LogP contribution is 2.12. The highest BCUT2D eigenvalue weighted by atomic mass is 16.1. The highest BCUT2D eigenvalue weighted by Gasteiger charge is 2.05. The zero-order chi connectivity index (χ0) is 14.1. The van der Waals surface area contributed by atoms with Crippen molar-refractivity contribution < 1.29 is 0 Å². The topological polar surface area (TPSA) is 86.5 Å². The third-order valence-corrected chi connectivity index (χ3v) is 3.26. The molecule has 2 aromatic heterocycles. The summed E-state index contributed by atoms with van der Waals surface area (Å²) in [7, 11) is 0. The van der Waals surface area contributed by atoms with E-state index in [9.17, 15) is 4.79 Å². The van der Waals surface area contributed by atoms with Gasteiger partial charge in [-0.05, 0) is 25.0 Å². The van der Waals surface area contributed by atoms with Crippen LogP contribution in [0.15, 0.2) is 29.2 Å². The van der Waals surface area contributed by atoms with E-state index in [1.807, 2.05) is 0 Å². The quantitative estimate of drug-likeness (QED) is 0.677. The van der Waals surface area contributed by atoms with Crippen LogP contribution < -0.4 is 10.9 Å². The molecule has 3 N–H and O–H groups in total. The summed E-state index contributed by atoms with van der Waals surface area (Å²) in [6, 6.07) is 6.27. The molecule has 0 saturated carbocycles. The molecule has 1 aromatic carbocycles. The minimum Gasteiger partial charge on any atom is -0.352 e. The van der Waals surface area contributed by atoms with Gasteiger partial charge >= 0.3 is 0 Å². The molecule has 0 spiro atoms. The number of anilines is 1. The lowest BCUT2D eigenvalue weighted by atomic mass is 10.1. The Morgan fingerprint density at radius 1 is 1.30 bits per heavy atom. The van der Waals surface area contributed by atoms with E-state index in [1.54, 1.807) is 0 Å². The van der Waals surface area contributed by atoms with E-state index in [0.29, 0.717) is 23.5 Å². The van der Waals surface area contributed by atoms with Gasteiger partial charge in [0.2, 0.25) is 5.95 Å². The normalized spacial score (nSPS) is 10.9. The number of hydrogen-bond donors (Lipinski definition) is 3. The molecule has 0 atom stereocenters. The number of H-pyrrole nitrogens is 2. The van der Waals surface area contributed by atoms with E-state index in [0.717, 1.165) is 0 Å². The fraction of sp³-hybridized carbons (Fsp3) is 0.214. The number of nitrogens with one attached hydrogen (secondary N) is 3. The van der Waals surface area contributed by atoms with Crippen LogP contribution in [0.5, 0.6) is 0 Å². The molecule has 3 aromatic rings. The predicted octanol–water partition coefficient (Wildman–Crippen LogP) is 1.88. The van der Waals surface area contributed by atoms with Crippen LogP contribution in [-0.4, -0.2) is 20.2 Å². The van der Waals surface area contributed by atoms with Crippen molar-refractivity contribution in [2.24, 2.45) is 0 Å². The van der Waals surface area contributed by atoms with Crippen molar-refractivity contribution in [2.45, 2.75) is 20.4 Å². The molecule has 3 rings (SSSR count). The maximum absolute atomic E-state index is 11.8. The number of aromatic nitrogens is 4. The number of aromatic amines is 2. The smallest absolute Gasteiger partial charge is 0.263 e. The zero-order valence-corrected chi connectivity index (χ0v) is 11.3. The number of benzene rings is 1. The molecule has 2 heterocycles. The van der Waals surface area contributed by atoms with Crippen LogP contribution in [-0.2, 0) is 6.54 Å². The Morgan fingerprint density at radius 3 is 2.95 bits per heavy atom. The first-order valence-corrected chi connectivity index (χ1v) is 6.37. The lowest BCUT2D eigenvalue weighted by Crippen LogP contribution is -2.13. The van der Waals surface area contributed by atoms with Gasteiger partial charge in [0, 0.05) is 6.54 Å². The van der Waals surface area contributed by atoms with Crippen molar-refractivity contribution >= 4 is 17.0 Å².